The molecule has 1 unspecified atom stereocenters. The number of likely N-dealkylation sites (tertiary alicyclic amines) is 1. The van der Waals surface area contributed by atoms with E-state index >= 15 is 0 Å². The van der Waals surface area contributed by atoms with Gasteiger partial charge in [-0.25, -0.2) is 4.79 Å². The fraction of sp³-hybridized carbons (Fsp3) is 0.579. The Labute approximate surface area is 138 Å². The number of carbonyl (C=O) groups is 1. The second-order valence-electron chi connectivity index (χ2n) is 7.81. The smallest absolute Gasteiger partial charge is 0.410 e. The van der Waals surface area contributed by atoms with Crippen LogP contribution in [0.3, 0.4) is 0 Å². The van der Waals surface area contributed by atoms with Crippen molar-refractivity contribution in [2.24, 2.45) is 5.41 Å². The van der Waals surface area contributed by atoms with Gasteiger partial charge in [0, 0.05) is 13.1 Å². The normalized spacial score (nSPS) is 25.7. The van der Waals surface area contributed by atoms with Crippen LogP contribution in [0.4, 0.5) is 4.79 Å². The highest BCUT2D eigenvalue weighted by atomic mass is 16.6. The summed E-state index contributed by atoms with van der Waals surface area (Å²) in [5.41, 5.74) is 0.315. The van der Waals surface area contributed by atoms with Gasteiger partial charge >= 0.3 is 6.09 Å². The van der Waals surface area contributed by atoms with E-state index in [0.717, 1.165) is 24.8 Å². The molecule has 0 aromatic heterocycles. The third kappa shape index (κ3) is 2.69. The quantitative estimate of drug-likeness (QED) is 0.791. The number of amides is 1. The van der Waals surface area contributed by atoms with Crippen molar-refractivity contribution in [1.29, 1.82) is 5.26 Å². The molecule has 1 saturated heterocycles. The summed E-state index contributed by atoms with van der Waals surface area (Å²) in [6.07, 6.45) is 2.40. The minimum atomic E-state index is -0.466. The Morgan fingerprint density at radius 1 is 1.22 bits per heavy atom. The zero-order valence-corrected chi connectivity index (χ0v) is 14.1. The first-order chi connectivity index (χ1) is 10.8. The third-order valence-corrected chi connectivity index (χ3v) is 5.21. The number of nitriles is 1. The number of hydrogen-bond acceptors (Lipinski definition) is 3. The average Bonchev–Trinajstić information content (AvgIpc) is 3.15. The topological polar surface area (TPSA) is 53.3 Å². The molecular formula is C19H24N2O2. The second kappa shape index (κ2) is 5.26. The van der Waals surface area contributed by atoms with Gasteiger partial charge < -0.3 is 9.64 Å². The third-order valence-electron chi connectivity index (χ3n) is 5.21. The molecule has 23 heavy (non-hydrogen) atoms. The Bertz CT molecular complexity index is 634. The predicted molar refractivity (Wildman–Crippen MR) is 87.8 cm³/mol. The van der Waals surface area contributed by atoms with Crippen molar-refractivity contribution in [3.8, 4) is 6.07 Å². The van der Waals surface area contributed by atoms with Crippen LogP contribution in [0.5, 0.6) is 0 Å². The summed E-state index contributed by atoms with van der Waals surface area (Å²) >= 11 is 0. The van der Waals surface area contributed by atoms with Gasteiger partial charge in [0.1, 0.15) is 5.60 Å². The lowest BCUT2D eigenvalue weighted by atomic mass is 9.81. The number of hydrogen-bond donors (Lipinski definition) is 0. The van der Waals surface area contributed by atoms with Crippen LogP contribution in [0.25, 0.3) is 0 Å². The van der Waals surface area contributed by atoms with E-state index in [4.69, 9.17) is 4.74 Å². The van der Waals surface area contributed by atoms with Crippen LogP contribution in [0.1, 0.15) is 45.6 Å². The molecule has 0 bridgehead atoms. The summed E-state index contributed by atoms with van der Waals surface area (Å²) in [7, 11) is 0. The zero-order valence-electron chi connectivity index (χ0n) is 14.1. The monoisotopic (exact) mass is 312 g/mol. The number of benzene rings is 1. The van der Waals surface area contributed by atoms with Crippen molar-refractivity contribution >= 4 is 6.09 Å². The standard InChI is InChI=1S/C19H24N2O2/c1-17(2,3)23-16(22)21-11-9-18(10-12-21)13-19(18,14-20)15-7-5-4-6-8-15/h4-8H,9-13H2,1-3H3. The van der Waals surface area contributed by atoms with Crippen molar-refractivity contribution in [3.05, 3.63) is 35.9 Å². The number of nitrogens with zero attached hydrogens (tertiary/aromatic N) is 2. The van der Waals surface area contributed by atoms with Crippen molar-refractivity contribution in [1.82, 2.24) is 4.90 Å². The van der Waals surface area contributed by atoms with Gasteiger partial charge in [0.2, 0.25) is 0 Å². The molecular weight excluding hydrogens is 288 g/mol. The van der Waals surface area contributed by atoms with E-state index in [9.17, 15) is 10.1 Å². The Hall–Kier alpha value is -2.02. The summed E-state index contributed by atoms with van der Waals surface area (Å²) < 4.78 is 5.45. The highest BCUT2D eigenvalue weighted by molar-refractivity contribution is 5.68. The van der Waals surface area contributed by atoms with E-state index < -0.39 is 5.60 Å². The Balaban J connectivity index is 1.68. The molecule has 3 rings (SSSR count). The molecule has 1 heterocycles. The van der Waals surface area contributed by atoms with E-state index in [2.05, 4.69) is 18.2 Å². The summed E-state index contributed by atoms with van der Waals surface area (Å²) in [6, 6.07) is 12.7. The van der Waals surface area contributed by atoms with Gasteiger partial charge in [-0.3, -0.25) is 0 Å². The number of ether oxygens (including phenoxy) is 1. The highest BCUT2D eigenvalue weighted by Gasteiger charge is 2.69. The van der Waals surface area contributed by atoms with Crippen molar-refractivity contribution in [2.75, 3.05) is 13.1 Å². The lowest BCUT2D eigenvalue weighted by molar-refractivity contribution is 0.0165. The molecule has 1 saturated carbocycles. The molecule has 1 spiro atoms. The van der Waals surface area contributed by atoms with Gasteiger partial charge in [0.25, 0.3) is 0 Å². The molecule has 1 aliphatic heterocycles. The first-order valence-electron chi connectivity index (χ1n) is 8.27. The summed E-state index contributed by atoms with van der Waals surface area (Å²) in [5.74, 6) is 0. The van der Waals surface area contributed by atoms with Crippen LogP contribution in [-0.4, -0.2) is 29.7 Å². The summed E-state index contributed by atoms with van der Waals surface area (Å²) in [6.45, 7) is 6.99. The summed E-state index contributed by atoms with van der Waals surface area (Å²) in [5, 5.41) is 9.80. The lowest BCUT2D eigenvalue weighted by Gasteiger charge is -2.35. The van der Waals surface area contributed by atoms with Crippen LogP contribution in [-0.2, 0) is 10.2 Å². The molecule has 0 N–H and O–H groups in total. The van der Waals surface area contributed by atoms with E-state index in [0.29, 0.717) is 13.1 Å². The molecule has 4 nitrogen and oxygen atoms in total. The summed E-state index contributed by atoms with van der Waals surface area (Å²) in [4.78, 5) is 14.0. The highest BCUT2D eigenvalue weighted by Crippen LogP contribution is 2.69. The fourth-order valence-corrected chi connectivity index (χ4v) is 3.86. The predicted octanol–water partition coefficient (Wildman–Crippen LogP) is 3.87. The van der Waals surface area contributed by atoms with Gasteiger partial charge in [-0.1, -0.05) is 30.3 Å². The van der Waals surface area contributed by atoms with Crippen molar-refractivity contribution in [2.45, 2.75) is 51.0 Å². The lowest BCUT2D eigenvalue weighted by Crippen LogP contribution is -2.43. The first kappa shape index (κ1) is 15.9. The first-order valence-corrected chi connectivity index (χ1v) is 8.27. The zero-order chi connectivity index (χ0) is 16.7. The molecule has 0 radical (unpaired) electrons. The van der Waals surface area contributed by atoms with Gasteiger partial charge in [0.05, 0.1) is 11.5 Å². The van der Waals surface area contributed by atoms with Gasteiger partial charge in [0.15, 0.2) is 0 Å². The van der Waals surface area contributed by atoms with E-state index in [1.54, 1.807) is 4.90 Å². The second-order valence-corrected chi connectivity index (χ2v) is 7.81. The molecule has 122 valence electrons. The maximum Gasteiger partial charge on any atom is 0.410 e. The minimum Gasteiger partial charge on any atom is -0.444 e. The van der Waals surface area contributed by atoms with E-state index in [1.807, 2.05) is 39.0 Å². The Kier molecular flexibility index (Phi) is 3.63. The number of rotatable bonds is 1. The van der Waals surface area contributed by atoms with E-state index in [-0.39, 0.29) is 16.9 Å². The molecule has 1 atom stereocenters. The van der Waals surface area contributed by atoms with Crippen LogP contribution in [0, 0.1) is 16.7 Å². The van der Waals surface area contributed by atoms with Crippen LogP contribution >= 0.6 is 0 Å². The molecule has 1 aliphatic carbocycles. The minimum absolute atomic E-state index is 0.0294. The largest absolute Gasteiger partial charge is 0.444 e. The number of piperidine rings is 1. The maximum absolute atomic E-state index is 12.2. The number of carbonyl (C=O) groups excluding carboxylic acids is 1. The average molecular weight is 312 g/mol. The molecule has 2 aliphatic rings. The fourth-order valence-electron chi connectivity index (χ4n) is 3.86. The van der Waals surface area contributed by atoms with Gasteiger partial charge in [-0.05, 0) is 51.0 Å². The molecule has 1 aromatic rings. The Morgan fingerprint density at radius 3 is 2.35 bits per heavy atom. The molecule has 2 fully saturated rings. The van der Waals surface area contributed by atoms with Crippen LogP contribution < -0.4 is 0 Å². The SMILES string of the molecule is CC(C)(C)OC(=O)N1CCC2(CC1)CC2(C#N)c1ccccc1. The molecule has 1 amide bonds. The van der Waals surface area contributed by atoms with Crippen LogP contribution in [0.15, 0.2) is 30.3 Å². The Morgan fingerprint density at radius 2 is 1.83 bits per heavy atom. The van der Waals surface area contributed by atoms with E-state index in [1.165, 1.54) is 0 Å². The van der Waals surface area contributed by atoms with Gasteiger partial charge in [-0.15, -0.1) is 0 Å². The molecule has 4 heteroatoms. The van der Waals surface area contributed by atoms with Crippen LogP contribution in [0.2, 0.25) is 0 Å². The molecule has 1 aromatic carbocycles. The van der Waals surface area contributed by atoms with Crippen molar-refractivity contribution < 1.29 is 9.53 Å². The maximum atomic E-state index is 12.2. The van der Waals surface area contributed by atoms with Crippen molar-refractivity contribution in [3.63, 3.8) is 0 Å². The van der Waals surface area contributed by atoms with Gasteiger partial charge in [-0.2, -0.15) is 5.26 Å².